The Bertz CT molecular complexity index is 300. The van der Waals surface area contributed by atoms with Crippen molar-refractivity contribution in [1.29, 1.82) is 0 Å². The predicted molar refractivity (Wildman–Crippen MR) is 59.6 cm³/mol. The molecule has 0 aromatic rings. The molecule has 0 heterocycles. The SMILES string of the molecule is COCC(OC(C)=O)C(COC(C)=O)OC(C)=O. The van der Waals surface area contributed by atoms with Gasteiger partial charge in [-0.2, -0.15) is 0 Å². The maximum atomic E-state index is 10.9. The molecule has 0 aliphatic carbocycles. The van der Waals surface area contributed by atoms with Gasteiger partial charge in [-0.15, -0.1) is 0 Å². The summed E-state index contributed by atoms with van der Waals surface area (Å²) in [6.45, 7) is 3.48. The minimum Gasteiger partial charge on any atom is -0.462 e. The molecule has 7 nitrogen and oxygen atoms in total. The van der Waals surface area contributed by atoms with Gasteiger partial charge in [-0.3, -0.25) is 14.4 Å². The molecular weight excluding hydrogens is 244 g/mol. The van der Waals surface area contributed by atoms with Gasteiger partial charge in [0.1, 0.15) is 6.61 Å². The molecule has 7 heteroatoms. The van der Waals surface area contributed by atoms with Gasteiger partial charge in [-0.1, -0.05) is 0 Å². The van der Waals surface area contributed by atoms with Gasteiger partial charge in [0.25, 0.3) is 0 Å². The van der Waals surface area contributed by atoms with Crippen molar-refractivity contribution in [2.45, 2.75) is 33.0 Å². The number of ether oxygens (including phenoxy) is 4. The lowest BCUT2D eigenvalue weighted by molar-refractivity contribution is -0.176. The van der Waals surface area contributed by atoms with Gasteiger partial charge in [0, 0.05) is 27.9 Å². The van der Waals surface area contributed by atoms with Crippen molar-refractivity contribution >= 4 is 17.9 Å². The summed E-state index contributed by atoms with van der Waals surface area (Å²) in [6.07, 6.45) is -1.72. The molecule has 0 aromatic carbocycles. The summed E-state index contributed by atoms with van der Waals surface area (Å²) in [7, 11) is 1.41. The van der Waals surface area contributed by atoms with Crippen LogP contribution in [0.4, 0.5) is 0 Å². The Morgan fingerprint density at radius 2 is 1.28 bits per heavy atom. The van der Waals surface area contributed by atoms with Crippen molar-refractivity contribution in [3.63, 3.8) is 0 Å². The van der Waals surface area contributed by atoms with Gasteiger partial charge in [0.2, 0.25) is 0 Å². The number of carbonyl (C=O) groups excluding carboxylic acids is 3. The third kappa shape index (κ3) is 7.61. The lowest BCUT2D eigenvalue weighted by Crippen LogP contribution is -2.41. The lowest BCUT2D eigenvalue weighted by Gasteiger charge is -2.25. The minimum atomic E-state index is -0.893. The van der Waals surface area contributed by atoms with E-state index in [0.29, 0.717) is 0 Å². The normalized spacial score (nSPS) is 13.3. The molecule has 0 saturated carbocycles. The lowest BCUT2D eigenvalue weighted by atomic mass is 10.2. The van der Waals surface area contributed by atoms with Crippen LogP contribution in [0.2, 0.25) is 0 Å². The van der Waals surface area contributed by atoms with E-state index in [4.69, 9.17) is 18.9 Å². The smallest absolute Gasteiger partial charge is 0.303 e. The zero-order chi connectivity index (χ0) is 14.1. The maximum Gasteiger partial charge on any atom is 0.303 e. The summed E-state index contributed by atoms with van der Waals surface area (Å²) < 4.78 is 19.5. The van der Waals surface area contributed by atoms with Gasteiger partial charge in [0.15, 0.2) is 12.2 Å². The van der Waals surface area contributed by atoms with E-state index < -0.39 is 30.1 Å². The molecule has 0 radical (unpaired) electrons. The highest BCUT2D eigenvalue weighted by atomic mass is 16.6. The van der Waals surface area contributed by atoms with Crippen molar-refractivity contribution < 1.29 is 33.3 Å². The molecule has 0 aromatic heterocycles. The second kappa shape index (κ2) is 8.46. The first-order valence-corrected chi connectivity index (χ1v) is 5.33. The first-order valence-electron chi connectivity index (χ1n) is 5.33. The number of hydrogen-bond donors (Lipinski definition) is 0. The average molecular weight is 262 g/mol. The minimum absolute atomic E-state index is 0.0266. The zero-order valence-corrected chi connectivity index (χ0v) is 10.9. The van der Waals surface area contributed by atoms with Crippen LogP contribution in [-0.2, 0) is 33.3 Å². The summed E-state index contributed by atoms with van der Waals surface area (Å²) in [5, 5.41) is 0. The molecule has 0 amide bonds. The molecule has 18 heavy (non-hydrogen) atoms. The number of carbonyl (C=O) groups is 3. The fraction of sp³-hybridized carbons (Fsp3) is 0.727. The quantitative estimate of drug-likeness (QED) is 0.473. The maximum absolute atomic E-state index is 10.9. The molecule has 0 rings (SSSR count). The Labute approximate surface area is 105 Å². The number of rotatable bonds is 7. The Hall–Kier alpha value is -1.63. The van der Waals surface area contributed by atoms with E-state index in [0.717, 1.165) is 0 Å². The monoisotopic (exact) mass is 262 g/mol. The van der Waals surface area contributed by atoms with Crippen LogP contribution in [0.3, 0.4) is 0 Å². The molecule has 2 atom stereocenters. The molecule has 0 N–H and O–H groups in total. The fourth-order valence-electron chi connectivity index (χ4n) is 1.22. The van der Waals surface area contributed by atoms with E-state index >= 15 is 0 Å². The van der Waals surface area contributed by atoms with E-state index in [1.54, 1.807) is 0 Å². The third-order valence-corrected chi connectivity index (χ3v) is 1.83. The van der Waals surface area contributed by atoms with E-state index in [9.17, 15) is 14.4 Å². The van der Waals surface area contributed by atoms with Crippen LogP contribution in [-0.4, -0.2) is 50.4 Å². The number of hydrogen-bond acceptors (Lipinski definition) is 7. The second-order valence-corrected chi connectivity index (χ2v) is 3.55. The van der Waals surface area contributed by atoms with Gasteiger partial charge in [-0.05, 0) is 0 Å². The van der Waals surface area contributed by atoms with E-state index in [2.05, 4.69) is 0 Å². The van der Waals surface area contributed by atoms with Crippen LogP contribution >= 0.6 is 0 Å². The van der Waals surface area contributed by atoms with E-state index in [1.807, 2.05) is 0 Å². The van der Waals surface area contributed by atoms with Crippen molar-refractivity contribution in [2.75, 3.05) is 20.3 Å². The summed E-state index contributed by atoms with van der Waals surface area (Å²) in [5.41, 5.74) is 0. The highest BCUT2D eigenvalue weighted by Gasteiger charge is 2.28. The molecule has 0 bridgehead atoms. The largest absolute Gasteiger partial charge is 0.462 e. The molecular formula is C11H18O7. The molecule has 104 valence electrons. The summed E-state index contributed by atoms with van der Waals surface area (Å²) in [4.78, 5) is 32.6. The summed E-state index contributed by atoms with van der Waals surface area (Å²) in [5.74, 6) is -1.64. The average Bonchev–Trinajstić information content (AvgIpc) is 2.22. The van der Waals surface area contributed by atoms with Crippen molar-refractivity contribution in [3.05, 3.63) is 0 Å². The molecule has 0 fully saturated rings. The first-order chi connectivity index (χ1) is 8.36. The Morgan fingerprint density at radius 1 is 0.833 bits per heavy atom. The van der Waals surface area contributed by atoms with Crippen LogP contribution in [0.25, 0.3) is 0 Å². The molecule has 2 unspecified atom stereocenters. The van der Waals surface area contributed by atoms with Gasteiger partial charge >= 0.3 is 17.9 Å². The van der Waals surface area contributed by atoms with Crippen molar-refractivity contribution in [1.82, 2.24) is 0 Å². The number of esters is 3. The van der Waals surface area contributed by atoms with Gasteiger partial charge in [-0.25, -0.2) is 0 Å². The van der Waals surface area contributed by atoms with E-state index in [1.165, 1.54) is 27.9 Å². The topological polar surface area (TPSA) is 88.1 Å². The Morgan fingerprint density at radius 3 is 1.61 bits per heavy atom. The highest BCUT2D eigenvalue weighted by Crippen LogP contribution is 2.08. The molecule has 0 saturated heterocycles. The van der Waals surface area contributed by atoms with Crippen LogP contribution in [0.15, 0.2) is 0 Å². The van der Waals surface area contributed by atoms with Crippen molar-refractivity contribution in [3.8, 4) is 0 Å². The van der Waals surface area contributed by atoms with Crippen LogP contribution < -0.4 is 0 Å². The highest BCUT2D eigenvalue weighted by molar-refractivity contribution is 5.68. The van der Waals surface area contributed by atoms with Gasteiger partial charge < -0.3 is 18.9 Å². The second-order valence-electron chi connectivity index (χ2n) is 3.55. The van der Waals surface area contributed by atoms with Crippen molar-refractivity contribution in [2.24, 2.45) is 0 Å². The van der Waals surface area contributed by atoms with Crippen LogP contribution in [0.5, 0.6) is 0 Å². The third-order valence-electron chi connectivity index (χ3n) is 1.83. The fourth-order valence-corrected chi connectivity index (χ4v) is 1.22. The van der Waals surface area contributed by atoms with E-state index in [-0.39, 0.29) is 13.2 Å². The number of methoxy groups -OCH3 is 1. The molecule has 0 spiro atoms. The first kappa shape index (κ1) is 16.4. The van der Waals surface area contributed by atoms with Crippen LogP contribution in [0.1, 0.15) is 20.8 Å². The van der Waals surface area contributed by atoms with Crippen LogP contribution in [0, 0.1) is 0 Å². The summed E-state index contributed by atoms with van der Waals surface area (Å²) in [6, 6.07) is 0. The Balaban J connectivity index is 4.66. The zero-order valence-electron chi connectivity index (χ0n) is 10.9. The standard InChI is InChI=1S/C11H18O7/c1-7(12)16-6-11(18-9(3)14)10(5-15-4)17-8(2)13/h10-11H,5-6H2,1-4H3. The summed E-state index contributed by atoms with van der Waals surface area (Å²) >= 11 is 0. The predicted octanol–water partition coefficient (Wildman–Crippen LogP) is 0.0593. The van der Waals surface area contributed by atoms with Gasteiger partial charge in [0.05, 0.1) is 6.61 Å². The molecule has 0 aliphatic heterocycles. The Kier molecular flexibility index (Phi) is 7.69. The molecule has 0 aliphatic rings.